The Morgan fingerprint density at radius 3 is 2.00 bits per heavy atom. The smallest absolute Gasteiger partial charge is 0.303 e. The first-order valence-electron chi connectivity index (χ1n) is 6.61. The Kier molecular flexibility index (Phi) is 14.8. The number of carbonyl (C=O) groups is 1. The van der Waals surface area contributed by atoms with Crippen molar-refractivity contribution in [2.24, 2.45) is 0 Å². The minimum atomic E-state index is -0.788. The Balaban J connectivity index is 2.93. The van der Waals surface area contributed by atoms with Crippen LogP contribution in [0.2, 0.25) is 0 Å². The summed E-state index contributed by atoms with van der Waals surface area (Å²) >= 11 is 0. The van der Waals surface area contributed by atoms with E-state index in [1.54, 1.807) is 0 Å². The third-order valence-electron chi connectivity index (χ3n) is 2.12. The van der Waals surface area contributed by atoms with E-state index in [0.717, 1.165) is 0 Å². The fourth-order valence-corrected chi connectivity index (χ4v) is 1.18. The molecule has 0 spiro atoms. The highest BCUT2D eigenvalue weighted by Gasteiger charge is 1.96. The summed E-state index contributed by atoms with van der Waals surface area (Å²) in [6.07, 6.45) is 2.49. The van der Waals surface area contributed by atoms with Crippen LogP contribution in [0, 0.1) is 6.42 Å². The minimum absolute atomic E-state index is 0.152. The van der Waals surface area contributed by atoms with Crippen LogP contribution < -0.4 is 0 Å². The average molecular weight is 277 g/mol. The van der Waals surface area contributed by atoms with Gasteiger partial charge in [-0.05, 0) is 19.8 Å². The van der Waals surface area contributed by atoms with Crippen LogP contribution in [0.15, 0.2) is 0 Å². The molecule has 6 nitrogen and oxygen atoms in total. The van der Waals surface area contributed by atoms with Crippen molar-refractivity contribution in [3.8, 4) is 0 Å². The van der Waals surface area contributed by atoms with Crippen molar-refractivity contribution >= 4 is 5.97 Å². The number of carboxylic acid groups (broad SMARTS) is 1. The number of hydrogen-bond donors (Lipinski definition) is 1. The van der Waals surface area contributed by atoms with E-state index in [0.29, 0.717) is 59.3 Å². The molecule has 0 aromatic rings. The normalized spacial score (nSPS) is 10.8. The van der Waals surface area contributed by atoms with Crippen LogP contribution in [0.3, 0.4) is 0 Å². The summed E-state index contributed by atoms with van der Waals surface area (Å²) in [6.45, 7) is 6.43. The Morgan fingerprint density at radius 1 is 0.947 bits per heavy atom. The molecule has 1 N–H and O–H groups in total. The number of carboxylic acids is 1. The molecular formula is C13H25O6. The van der Waals surface area contributed by atoms with Crippen LogP contribution in [0.4, 0.5) is 0 Å². The molecule has 19 heavy (non-hydrogen) atoms. The summed E-state index contributed by atoms with van der Waals surface area (Å²) in [4.78, 5) is 10.2. The predicted molar refractivity (Wildman–Crippen MR) is 70.1 cm³/mol. The molecule has 0 bridgehead atoms. The molecule has 0 saturated carbocycles. The molecule has 0 amide bonds. The van der Waals surface area contributed by atoms with Crippen LogP contribution >= 0.6 is 0 Å². The molecule has 1 radical (unpaired) electrons. The molecule has 0 aliphatic rings. The van der Waals surface area contributed by atoms with E-state index in [1.165, 1.54) is 0 Å². The second-order valence-corrected chi connectivity index (χ2v) is 3.72. The summed E-state index contributed by atoms with van der Waals surface area (Å²) in [5.74, 6) is -0.788. The minimum Gasteiger partial charge on any atom is -0.481 e. The molecule has 0 heterocycles. The molecule has 0 saturated heterocycles. The lowest BCUT2D eigenvalue weighted by Gasteiger charge is -2.06. The Morgan fingerprint density at radius 2 is 1.47 bits per heavy atom. The zero-order valence-corrected chi connectivity index (χ0v) is 11.6. The fraction of sp³-hybridized carbons (Fsp3) is 0.846. The van der Waals surface area contributed by atoms with E-state index in [2.05, 4.69) is 0 Å². The summed E-state index contributed by atoms with van der Waals surface area (Å²) in [5, 5.41) is 8.40. The van der Waals surface area contributed by atoms with Gasteiger partial charge in [0, 0.05) is 19.6 Å². The summed E-state index contributed by atoms with van der Waals surface area (Å²) in [5.41, 5.74) is 0. The van der Waals surface area contributed by atoms with Crippen LogP contribution in [0.25, 0.3) is 0 Å². The Bertz CT molecular complexity index is 198. The predicted octanol–water partition coefficient (Wildman–Crippen LogP) is 1.14. The van der Waals surface area contributed by atoms with Gasteiger partial charge < -0.3 is 24.1 Å². The largest absolute Gasteiger partial charge is 0.481 e. The second kappa shape index (κ2) is 15.4. The molecule has 0 rings (SSSR count). The third kappa shape index (κ3) is 17.3. The van der Waals surface area contributed by atoms with E-state index in [-0.39, 0.29) is 6.42 Å². The van der Waals surface area contributed by atoms with Crippen molar-refractivity contribution < 1.29 is 28.8 Å². The molecular weight excluding hydrogens is 252 g/mol. The topological polar surface area (TPSA) is 74.2 Å². The van der Waals surface area contributed by atoms with Crippen LogP contribution in [0.1, 0.15) is 19.8 Å². The van der Waals surface area contributed by atoms with Crippen molar-refractivity contribution in [2.75, 3.05) is 52.9 Å². The van der Waals surface area contributed by atoms with Gasteiger partial charge in [-0.2, -0.15) is 0 Å². The van der Waals surface area contributed by atoms with Gasteiger partial charge in [-0.25, -0.2) is 0 Å². The van der Waals surface area contributed by atoms with Crippen LogP contribution in [-0.2, 0) is 23.7 Å². The highest BCUT2D eigenvalue weighted by atomic mass is 16.6. The molecule has 0 atom stereocenters. The van der Waals surface area contributed by atoms with Gasteiger partial charge in [-0.1, -0.05) is 0 Å². The first-order chi connectivity index (χ1) is 9.27. The first kappa shape index (κ1) is 18.3. The molecule has 6 heteroatoms. The Labute approximate surface area is 115 Å². The quantitative estimate of drug-likeness (QED) is 0.452. The number of ether oxygens (including phenoxy) is 4. The zero-order chi connectivity index (χ0) is 14.2. The van der Waals surface area contributed by atoms with E-state index < -0.39 is 5.97 Å². The SMILES string of the molecule is CCOCCOCCOCCOC[CH]CCC(=O)O. The number of unbranched alkanes of at least 4 members (excludes halogenated alkanes) is 1. The van der Waals surface area contributed by atoms with Crippen molar-refractivity contribution in [3.63, 3.8) is 0 Å². The highest BCUT2D eigenvalue weighted by Crippen LogP contribution is 1.94. The average Bonchev–Trinajstić information content (AvgIpc) is 2.39. The molecule has 0 aromatic heterocycles. The first-order valence-corrected chi connectivity index (χ1v) is 6.61. The maximum absolute atomic E-state index is 10.2. The molecule has 0 fully saturated rings. The maximum atomic E-state index is 10.2. The lowest BCUT2D eigenvalue weighted by atomic mass is 10.2. The van der Waals surface area contributed by atoms with Gasteiger partial charge in [-0.15, -0.1) is 0 Å². The third-order valence-corrected chi connectivity index (χ3v) is 2.12. The molecule has 0 aliphatic heterocycles. The van der Waals surface area contributed by atoms with Crippen molar-refractivity contribution in [2.45, 2.75) is 19.8 Å². The lowest BCUT2D eigenvalue weighted by molar-refractivity contribution is -0.137. The van der Waals surface area contributed by atoms with Gasteiger partial charge in [0.2, 0.25) is 0 Å². The number of hydrogen-bond acceptors (Lipinski definition) is 5. The van der Waals surface area contributed by atoms with Crippen molar-refractivity contribution in [1.29, 1.82) is 0 Å². The van der Waals surface area contributed by atoms with Gasteiger partial charge in [0.25, 0.3) is 0 Å². The Hall–Kier alpha value is -0.690. The molecule has 0 aromatic carbocycles. The molecule has 0 unspecified atom stereocenters. The van der Waals surface area contributed by atoms with Crippen LogP contribution in [0.5, 0.6) is 0 Å². The molecule has 0 aliphatic carbocycles. The monoisotopic (exact) mass is 277 g/mol. The van der Waals surface area contributed by atoms with E-state index in [1.807, 2.05) is 13.3 Å². The maximum Gasteiger partial charge on any atom is 0.303 e. The van der Waals surface area contributed by atoms with Crippen molar-refractivity contribution in [1.82, 2.24) is 0 Å². The van der Waals surface area contributed by atoms with Gasteiger partial charge in [0.1, 0.15) is 0 Å². The summed E-state index contributed by atoms with van der Waals surface area (Å²) < 4.78 is 20.9. The van der Waals surface area contributed by atoms with Crippen molar-refractivity contribution in [3.05, 3.63) is 6.42 Å². The van der Waals surface area contributed by atoms with Gasteiger partial charge in [-0.3, -0.25) is 4.79 Å². The molecule has 113 valence electrons. The van der Waals surface area contributed by atoms with E-state index in [9.17, 15) is 4.79 Å². The van der Waals surface area contributed by atoms with E-state index in [4.69, 9.17) is 24.1 Å². The standard InChI is InChI=1S/C13H25O6/c1-2-16-7-8-18-11-12-19-10-9-17-6-4-3-5-13(14)15/h4H,2-3,5-12H2,1H3,(H,14,15). The number of aliphatic carboxylic acids is 1. The highest BCUT2D eigenvalue weighted by molar-refractivity contribution is 5.66. The van der Waals surface area contributed by atoms with E-state index >= 15 is 0 Å². The fourth-order valence-electron chi connectivity index (χ4n) is 1.18. The van der Waals surface area contributed by atoms with Gasteiger partial charge in [0.15, 0.2) is 0 Å². The lowest BCUT2D eigenvalue weighted by Crippen LogP contribution is -2.12. The van der Waals surface area contributed by atoms with Gasteiger partial charge in [0.05, 0.1) is 39.6 Å². The van der Waals surface area contributed by atoms with Gasteiger partial charge >= 0.3 is 5.97 Å². The second-order valence-electron chi connectivity index (χ2n) is 3.72. The summed E-state index contributed by atoms with van der Waals surface area (Å²) in [6, 6.07) is 0. The number of rotatable bonds is 15. The zero-order valence-electron chi connectivity index (χ0n) is 11.6. The summed E-state index contributed by atoms with van der Waals surface area (Å²) in [7, 11) is 0. The van der Waals surface area contributed by atoms with Crippen LogP contribution in [-0.4, -0.2) is 63.9 Å².